The topological polar surface area (TPSA) is 6.48 Å². The summed E-state index contributed by atoms with van der Waals surface area (Å²) < 4.78 is 46.5. The average Bonchev–Trinajstić information content (AvgIpc) is 3.71. The second kappa shape index (κ2) is 16.0. The van der Waals surface area contributed by atoms with E-state index in [1.54, 1.807) is 16.7 Å². The third kappa shape index (κ3) is 7.17. The summed E-state index contributed by atoms with van der Waals surface area (Å²) in [5.74, 6) is 3.10. The zero-order chi connectivity index (χ0) is 53.7. The lowest BCUT2D eigenvalue weighted by molar-refractivity contribution is 0.0326. The monoisotopic (exact) mass is 956 g/mol. The quantitative estimate of drug-likeness (QED) is 0.279. The van der Waals surface area contributed by atoms with Gasteiger partial charge in [0.15, 0.2) is 0 Å². The van der Waals surface area contributed by atoms with E-state index in [1.807, 2.05) is 11.3 Å². The maximum atomic E-state index is 9.75. The Bertz CT molecular complexity index is 3050. The Morgan fingerprint density at radius 3 is 2.30 bits per heavy atom. The number of fused-ring (bicyclic) bond motifs is 8. The summed E-state index contributed by atoms with van der Waals surface area (Å²) in [7, 11) is 0. The van der Waals surface area contributed by atoms with Gasteiger partial charge in [-0.3, -0.25) is 0 Å². The van der Waals surface area contributed by atoms with Gasteiger partial charge in [-0.2, -0.15) is 0 Å². The zero-order valence-corrected chi connectivity index (χ0v) is 46.5. The van der Waals surface area contributed by atoms with Crippen LogP contribution in [0.1, 0.15) is 185 Å². The van der Waals surface area contributed by atoms with Gasteiger partial charge in [-0.05, 0) is 208 Å². The molecule has 0 aromatic carbocycles. The van der Waals surface area contributed by atoms with Crippen molar-refractivity contribution >= 4 is 34.6 Å². The molecule has 3 saturated carbocycles. The molecule has 1 aromatic heterocycles. The molecular weight excluding hydrogens is 864 g/mol. The fourth-order valence-electron chi connectivity index (χ4n) is 16.4. The van der Waals surface area contributed by atoms with Crippen molar-refractivity contribution in [3.8, 4) is 0 Å². The van der Waals surface area contributed by atoms with Crippen molar-refractivity contribution in [2.75, 3.05) is 4.90 Å². The van der Waals surface area contributed by atoms with Crippen LogP contribution >= 0.6 is 11.3 Å². The maximum absolute atomic E-state index is 9.75. The molecule has 4 heteroatoms. The Hall–Kier alpha value is -3.50. The first kappa shape index (κ1) is 41.9. The van der Waals surface area contributed by atoms with Crippen LogP contribution in [-0.2, 0) is 6.42 Å². The first-order valence-electron chi connectivity index (χ1n) is 30.6. The van der Waals surface area contributed by atoms with Gasteiger partial charge in [-0.15, -0.1) is 11.3 Å². The lowest BCUT2D eigenvalue weighted by Gasteiger charge is -2.57. The Labute approximate surface area is 436 Å². The summed E-state index contributed by atoms with van der Waals surface area (Å²) in [6.07, 6.45) is 28.2. The summed E-state index contributed by atoms with van der Waals surface area (Å²) in [5, 5.41) is 1.38. The summed E-state index contributed by atoms with van der Waals surface area (Å²) >= 11 is 2.04. The van der Waals surface area contributed by atoms with Gasteiger partial charge in [0.25, 0.3) is 0 Å². The molecular formula is C66H87BN2S. The molecule has 0 radical (unpaired) electrons. The Balaban J connectivity index is 1.19. The highest BCUT2D eigenvalue weighted by molar-refractivity contribution is 7.20. The molecule has 11 atom stereocenters. The van der Waals surface area contributed by atoms with Crippen LogP contribution in [0.5, 0.6) is 0 Å². The second-order valence-electron chi connectivity index (χ2n) is 28.3. The van der Waals surface area contributed by atoms with Crippen LogP contribution in [0, 0.1) is 68.5 Å². The van der Waals surface area contributed by atoms with Crippen molar-refractivity contribution in [1.29, 1.82) is 0 Å². The first-order chi connectivity index (χ1) is 35.0. The van der Waals surface area contributed by atoms with Crippen molar-refractivity contribution in [2.45, 2.75) is 187 Å². The number of thiophene rings is 1. The second-order valence-corrected chi connectivity index (χ2v) is 29.3. The van der Waals surface area contributed by atoms with Crippen molar-refractivity contribution in [3.05, 3.63) is 133 Å². The van der Waals surface area contributed by atoms with Gasteiger partial charge in [0, 0.05) is 24.7 Å². The lowest BCUT2D eigenvalue weighted by atomic mass is 9.29. The molecule has 11 aliphatic rings. The number of hydrogen-bond donors (Lipinski definition) is 0. The van der Waals surface area contributed by atoms with E-state index >= 15 is 0 Å². The van der Waals surface area contributed by atoms with E-state index in [-0.39, 0.29) is 69.9 Å². The molecule has 10 unspecified atom stereocenters. The molecule has 0 N–H and O–H groups in total. The molecule has 1 aromatic rings. The number of hydrogen-bond acceptors (Lipinski definition) is 3. The van der Waals surface area contributed by atoms with E-state index in [4.69, 9.17) is 2.74 Å². The molecule has 370 valence electrons. The van der Waals surface area contributed by atoms with Crippen LogP contribution in [0.3, 0.4) is 0 Å². The van der Waals surface area contributed by atoms with E-state index in [9.17, 15) is 4.11 Å². The predicted molar refractivity (Wildman–Crippen MR) is 302 cm³/mol. The molecule has 70 heavy (non-hydrogen) atoms. The normalized spacial score (nSPS) is 38.9. The number of allylic oxidation sites excluding steroid dienone is 15. The minimum absolute atomic E-state index is 0.00227. The third-order valence-electron chi connectivity index (χ3n) is 21.0. The van der Waals surface area contributed by atoms with E-state index in [0.717, 1.165) is 18.4 Å². The number of rotatable bonds is 3. The van der Waals surface area contributed by atoms with Crippen LogP contribution in [0.15, 0.2) is 122 Å². The highest BCUT2D eigenvalue weighted by Crippen LogP contribution is 2.62. The smallest absolute Gasteiger partial charge is 0.248 e. The first-order valence-corrected chi connectivity index (χ1v) is 28.7. The molecule has 2 nitrogen and oxygen atoms in total. The van der Waals surface area contributed by atoms with Gasteiger partial charge < -0.3 is 9.80 Å². The van der Waals surface area contributed by atoms with Crippen LogP contribution in [0.2, 0.25) is 0 Å². The predicted octanol–water partition coefficient (Wildman–Crippen LogP) is 17.0. The standard InChI is InChI=1S/C66H87BN2S/c1-38-21-22-39(2)47-35-57-48(34-46(38)47)58-61(70-57)68(45-23-24-49-50(33-45)64(10,11)26-25-63(49,8)9)55-31-43(42-19-17-16-18-20-42)32-56-59(55)67(58)53-36-51-52(66(14,15)28-27-65(51,12)13)37-54(53)69(56)60-40(3)29-44(30-41(60)4)62(5,6)7/h16-17,19,23-24,29-30,32-33,35-36,38-40,46,49-50,52,55,60H,18,20-22,25-28,31,34,37H2,1-15H3/t38-,39?,40?,46?,49?,50?,52?,55?,60?/m1/s1/i16D,17D,18D,19D,20D/t18?,20?,38-,39?,40?,46?,49?,50?,52?,55?,60?. The van der Waals surface area contributed by atoms with Crippen LogP contribution in [-0.4, -0.2) is 23.7 Å². The highest BCUT2D eigenvalue weighted by Gasteiger charge is 2.57. The van der Waals surface area contributed by atoms with E-state index in [0.29, 0.717) is 47.5 Å². The van der Waals surface area contributed by atoms with Gasteiger partial charge in [0.1, 0.15) is 0 Å². The van der Waals surface area contributed by atoms with Crippen LogP contribution in [0.25, 0.3) is 6.08 Å². The fourth-order valence-corrected chi connectivity index (χ4v) is 17.8. The van der Waals surface area contributed by atoms with Gasteiger partial charge in [-0.1, -0.05) is 157 Å². The average molecular weight is 956 g/mol. The number of nitrogens with zero attached hydrogens (tertiary/aromatic N) is 2. The lowest BCUT2D eigenvalue weighted by Crippen LogP contribution is -2.60. The SMILES string of the molecule is [2H]C1=C([2H])C([2H])C([2H])C(C2=CC3=C4B(C5=C(CC6C(=C5)C(C)(C)CCC6(C)C)N3C3C(C)=CC(C(C)(C)C)=CC3C)c3c(sc5c3CC3C(=C5)C(C)CC[C@H]3C)N(C3=CC5C(C=C3)C(C)(C)CCC5(C)C)C4C2)=C1[2H]. The molecule has 0 saturated heterocycles. The van der Waals surface area contributed by atoms with Gasteiger partial charge in [0.2, 0.25) is 6.71 Å². The Morgan fingerprint density at radius 2 is 1.56 bits per heavy atom. The van der Waals surface area contributed by atoms with Crippen LogP contribution in [0.4, 0.5) is 5.00 Å². The minimum Gasteiger partial charge on any atom is -0.339 e. The van der Waals surface area contributed by atoms with Crippen molar-refractivity contribution in [1.82, 2.24) is 4.90 Å². The summed E-state index contributed by atoms with van der Waals surface area (Å²) in [5.41, 5.74) is 17.9. The zero-order valence-electron chi connectivity index (χ0n) is 50.7. The van der Waals surface area contributed by atoms with Gasteiger partial charge in [-0.25, -0.2) is 0 Å². The van der Waals surface area contributed by atoms with E-state index < -0.39 is 12.8 Å². The van der Waals surface area contributed by atoms with Crippen molar-refractivity contribution in [3.63, 3.8) is 0 Å². The van der Waals surface area contributed by atoms with Gasteiger partial charge >= 0.3 is 0 Å². The fraction of sp³-hybridized carbons (Fsp3) is 0.606. The minimum atomic E-state index is -1.22. The van der Waals surface area contributed by atoms with Crippen molar-refractivity contribution < 1.29 is 6.85 Å². The highest BCUT2D eigenvalue weighted by atomic mass is 32.1. The molecule has 9 aliphatic carbocycles. The molecule has 0 spiro atoms. The number of anilines is 1. The van der Waals surface area contributed by atoms with E-state index in [1.165, 1.54) is 93.0 Å². The molecule has 2 aliphatic heterocycles. The summed E-state index contributed by atoms with van der Waals surface area (Å²) in [4.78, 5) is 7.06. The molecule has 3 heterocycles. The van der Waals surface area contributed by atoms with Crippen molar-refractivity contribution in [2.24, 2.45) is 68.5 Å². The summed E-state index contributed by atoms with van der Waals surface area (Å²) in [6, 6.07) is -0.577. The van der Waals surface area contributed by atoms with E-state index in [2.05, 4.69) is 162 Å². The summed E-state index contributed by atoms with van der Waals surface area (Å²) in [6.45, 7) is 36.9. The maximum Gasteiger partial charge on any atom is 0.248 e. The molecule has 3 fully saturated rings. The molecule has 0 amide bonds. The van der Waals surface area contributed by atoms with Gasteiger partial charge in [0.05, 0.1) is 21.2 Å². The Kier molecular flexibility index (Phi) is 9.58. The molecule has 0 bridgehead atoms. The Morgan fingerprint density at radius 1 is 0.814 bits per heavy atom. The van der Waals surface area contributed by atoms with Crippen LogP contribution < -0.4 is 10.4 Å². The third-order valence-corrected chi connectivity index (χ3v) is 22.2. The largest absolute Gasteiger partial charge is 0.339 e. The molecule has 12 rings (SSSR count).